The smallest absolute Gasteiger partial charge is 0.241 e. The largest absolute Gasteiger partial charge is 0.396 e. The van der Waals surface area contributed by atoms with Gasteiger partial charge in [0.2, 0.25) is 5.91 Å². The first kappa shape index (κ1) is 16.4. The van der Waals surface area contributed by atoms with Gasteiger partial charge < -0.3 is 16.2 Å². The molecular weight excluding hydrogens is 261 g/mol. The minimum atomic E-state index is -0.514. The van der Waals surface area contributed by atoms with E-state index >= 15 is 0 Å². The molecule has 1 aromatic carbocycles. The van der Waals surface area contributed by atoms with Crippen LogP contribution < -0.4 is 11.1 Å². The first-order chi connectivity index (χ1) is 9.36. The van der Waals surface area contributed by atoms with Gasteiger partial charge in [-0.05, 0) is 39.0 Å². The molecule has 0 fully saturated rings. The van der Waals surface area contributed by atoms with Gasteiger partial charge in [-0.2, -0.15) is 0 Å². The number of carbonyl (C=O) groups is 1. The van der Waals surface area contributed by atoms with Crippen LogP contribution >= 0.6 is 0 Å². The highest BCUT2D eigenvalue weighted by Crippen LogP contribution is 2.17. The maximum atomic E-state index is 13.1. The Kier molecular flexibility index (Phi) is 5.91. The third kappa shape index (κ3) is 4.18. The van der Waals surface area contributed by atoms with Crippen LogP contribution in [0, 0.1) is 5.82 Å². The number of amides is 1. The van der Waals surface area contributed by atoms with Crippen molar-refractivity contribution in [3.63, 3.8) is 0 Å². The molecule has 1 atom stereocenters. The Morgan fingerprint density at radius 3 is 2.60 bits per heavy atom. The standard InChI is InChI=1S/C14H22FN3O2/c1-9(2)18(6-7-19)10(3)14(20)17-11-4-5-12(15)13(16)8-11/h4-5,8-10,19H,6-7,16H2,1-3H3,(H,17,20). The zero-order valence-electron chi connectivity index (χ0n) is 12.1. The molecule has 0 bridgehead atoms. The van der Waals surface area contributed by atoms with Crippen LogP contribution in [0.3, 0.4) is 0 Å². The molecule has 20 heavy (non-hydrogen) atoms. The SMILES string of the molecule is CC(C)N(CCO)C(C)C(=O)Nc1ccc(F)c(N)c1. The molecule has 0 aliphatic carbocycles. The van der Waals surface area contributed by atoms with Crippen LogP contribution in [-0.2, 0) is 4.79 Å². The van der Waals surface area contributed by atoms with Crippen LogP contribution in [0.25, 0.3) is 0 Å². The fourth-order valence-corrected chi connectivity index (χ4v) is 2.03. The van der Waals surface area contributed by atoms with Gasteiger partial charge in [0.1, 0.15) is 5.82 Å². The van der Waals surface area contributed by atoms with E-state index in [1.54, 1.807) is 6.92 Å². The Bertz CT molecular complexity index is 466. The number of anilines is 2. The van der Waals surface area contributed by atoms with Crippen LogP contribution in [-0.4, -0.2) is 41.1 Å². The number of rotatable bonds is 6. The van der Waals surface area contributed by atoms with E-state index in [0.717, 1.165) is 0 Å². The molecule has 1 rings (SSSR count). The fourth-order valence-electron chi connectivity index (χ4n) is 2.03. The van der Waals surface area contributed by atoms with E-state index in [1.165, 1.54) is 18.2 Å². The molecule has 0 heterocycles. The summed E-state index contributed by atoms with van der Waals surface area (Å²) in [6.07, 6.45) is 0. The van der Waals surface area contributed by atoms with Crippen LogP contribution in [0.5, 0.6) is 0 Å². The number of nitrogens with one attached hydrogen (secondary N) is 1. The summed E-state index contributed by atoms with van der Waals surface area (Å²) < 4.78 is 13.1. The average Bonchev–Trinajstić information content (AvgIpc) is 2.39. The van der Waals surface area contributed by atoms with E-state index in [4.69, 9.17) is 10.8 Å². The number of halogens is 1. The predicted octanol–water partition coefficient (Wildman–Crippen LogP) is 1.44. The van der Waals surface area contributed by atoms with Crippen molar-refractivity contribution in [3.8, 4) is 0 Å². The van der Waals surface area contributed by atoms with Crippen LogP contribution in [0.4, 0.5) is 15.8 Å². The fraction of sp³-hybridized carbons (Fsp3) is 0.500. The normalized spacial score (nSPS) is 12.8. The Morgan fingerprint density at radius 2 is 2.10 bits per heavy atom. The molecule has 0 aromatic heterocycles. The quantitative estimate of drug-likeness (QED) is 0.690. The molecule has 0 saturated carbocycles. The molecule has 0 aliphatic heterocycles. The predicted molar refractivity (Wildman–Crippen MR) is 77.8 cm³/mol. The maximum absolute atomic E-state index is 13.1. The molecule has 0 saturated heterocycles. The Hall–Kier alpha value is -1.66. The van der Waals surface area contributed by atoms with E-state index in [9.17, 15) is 9.18 Å². The zero-order valence-corrected chi connectivity index (χ0v) is 12.1. The highest BCUT2D eigenvalue weighted by molar-refractivity contribution is 5.94. The van der Waals surface area contributed by atoms with Crippen LogP contribution in [0.15, 0.2) is 18.2 Å². The number of aliphatic hydroxyl groups excluding tert-OH is 1. The maximum Gasteiger partial charge on any atom is 0.241 e. The third-order valence-corrected chi connectivity index (χ3v) is 3.16. The summed E-state index contributed by atoms with van der Waals surface area (Å²) >= 11 is 0. The number of aliphatic hydroxyl groups is 1. The summed E-state index contributed by atoms with van der Waals surface area (Å²) in [5.41, 5.74) is 5.90. The molecule has 0 radical (unpaired) electrons. The van der Waals surface area contributed by atoms with Gasteiger partial charge in [0, 0.05) is 18.3 Å². The van der Waals surface area contributed by atoms with Crippen molar-refractivity contribution in [2.45, 2.75) is 32.9 Å². The summed E-state index contributed by atoms with van der Waals surface area (Å²) in [5, 5.41) is 11.7. The summed E-state index contributed by atoms with van der Waals surface area (Å²) in [5.74, 6) is -0.738. The molecular formula is C14H22FN3O2. The van der Waals surface area contributed by atoms with Gasteiger partial charge in [-0.15, -0.1) is 0 Å². The second kappa shape index (κ2) is 7.21. The third-order valence-electron chi connectivity index (χ3n) is 3.16. The molecule has 4 N–H and O–H groups in total. The lowest BCUT2D eigenvalue weighted by molar-refractivity contribution is -0.121. The lowest BCUT2D eigenvalue weighted by atomic mass is 10.2. The number of benzene rings is 1. The van der Waals surface area contributed by atoms with E-state index in [0.29, 0.717) is 12.2 Å². The number of carbonyl (C=O) groups excluding carboxylic acids is 1. The molecule has 1 amide bonds. The summed E-state index contributed by atoms with van der Waals surface area (Å²) in [4.78, 5) is 14.0. The van der Waals surface area contributed by atoms with Crippen LogP contribution in [0.2, 0.25) is 0 Å². The molecule has 1 unspecified atom stereocenters. The minimum absolute atomic E-state index is 0.00785. The Labute approximate surface area is 118 Å². The first-order valence-corrected chi connectivity index (χ1v) is 6.59. The van der Waals surface area contributed by atoms with Crippen molar-refractivity contribution in [1.29, 1.82) is 0 Å². The first-order valence-electron chi connectivity index (χ1n) is 6.59. The van der Waals surface area contributed by atoms with Crippen molar-refractivity contribution >= 4 is 17.3 Å². The Balaban J connectivity index is 2.75. The summed E-state index contributed by atoms with van der Waals surface area (Å²) in [6, 6.07) is 3.77. The van der Waals surface area contributed by atoms with Crippen molar-refractivity contribution < 1.29 is 14.3 Å². The average molecular weight is 283 g/mol. The topological polar surface area (TPSA) is 78.6 Å². The van der Waals surface area contributed by atoms with Crippen molar-refractivity contribution in [3.05, 3.63) is 24.0 Å². The van der Waals surface area contributed by atoms with Gasteiger partial charge in [-0.3, -0.25) is 9.69 Å². The molecule has 0 spiro atoms. The van der Waals surface area contributed by atoms with Gasteiger partial charge in [-0.1, -0.05) is 0 Å². The van der Waals surface area contributed by atoms with E-state index < -0.39 is 11.9 Å². The van der Waals surface area contributed by atoms with E-state index in [-0.39, 0.29) is 24.2 Å². The highest BCUT2D eigenvalue weighted by Gasteiger charge is 2.23. The molecule has 5 nitrogen and oxygen atoms in total. The zero-order chi connectivity index (χ0) is 15.3. The number of hydrogen-bond donors (Lipinski definition) is 3. The number of hydrogen-bond acceptors (Lipinski definition) is 4. The summed E-state index contributed by atoms with van der Waals surface area (Å²) in [6.45, 7) is 6.07. The second-order valence-corrected chi connectivity index (χ2v) is 4.96. The second-order valence-electron chi connectivity index (χ2n) is 4.96. The highest BCUT2D eigenvalue weighted by atomic mass is 19.1. The van der Waals surface area contributed by atoms with Gasteiger partial charge in [0.15, 0.2) is 0 Å². The van der Waals surface area contributed by atoms with Crippen LogP contribution in [0.1, 0.15) is 20.8 Å². The van der Waals surface area contributed by atoms with Crippen molar-refractivity contribution in [1.82, 2.24) is 4.90 Å². The number of nitrogen functional groups attached to an aromatic ring is 1. The molecule has 1 aromatic rings. The lowest BCUT2D eigenvalue weighted by Gasteiger charge is -2.31. The van der Waals surface area contributed by atoms with Gasteiger partial charge in [-0.25, -0.2) is 4.39 Å². The van der Waals surface area contributed by atoms with Gasteiger partial charge in [0.25, 0.3) is 0 Å². The number of nitrogens with zero attached hydrogens (tertiary/aromatic N) is 1. The molecule has 0 aliphatic rings. The van der Waals surface area contributed by atoms with Gasteiger partial charge >= 0.3 is 0 Å². The number of nitrogens with two attached hydrogens (primary N) is 1. The van der Waals surface area contributed by atoms with E-state index in [2.05, 4.69) is 5.32 Å². The lowest BCUT2D eigenvalue weighted by Crippen LogP contribution is -2.47. The van der Waals surface area contributed by atoms with Crippen molar-refractivity contribution in [2.24, 2.45) is 0 Å². The van der Waals surface area contributed by atoms with Crippen molar-refractivity contribution in [2.75, 3.05) is 24.2 Å². The van der Waals surface area contributed by atoms with Gasteiger partial charge in [0.05, 0.1) is 18.3 Å². The minimum Gasteiger partial charge on any atom is -0.396 e. The molecule has 6 heteroatoms. The monoisotopic (exact) mass is 283 g/mol. The Morgan fingerprint density at radius 1 is 1.45 bits per heavy atom. The van der Waals surface area contributed by atoms with E-state index in [1.807, 2.05) is 18.7 Å². The molecule has 112 valence electrons. The summed E-state index contributed by atoms with van der Waals surface area (Å²) in [7, 11) is 0.